The van der Waals surface area contributed by atoms with E-state index in [9.17, 15) is 4.79 Å². The van der Waals surface area contributed by atoms with Crippen LogP contribution in [0, 0.1) is 5.41 Å². The standard InChI is InChI=1S/C8H16NO2.Sn.H/c1-8(2,3)5-7(10)9-6-11-4;;/h5H,6H2,1-4H3,(H,9,10);;. The van der Waals surface area contributed by atoms with Crippen LogP contribution in [-0.2, 0) is 9.53 Å². The van der Waals surface area contributed by atoms with Gasteiger partial charge in [-0.1, -0.05) is 0 Å². The molecule has 2 radical (unpaired) electrons. The van der Waals surface area contributed by atoms with E-state index < -0.39 is 0 Å². The number of rotatable bonds is 3. The average Bonchev–Trinajstić information content (AvgIpc) is 1.97. The van der Waals surface area contributed by atoms with Gasteiger partial charge in [0.1, 0.15) is 0 Å². The number of methoxy groups -OCH3 is 1. The molecule has 70 valence electrons. The van der Waals surface area contributed by atoms with E-state index >= 15 is 0 Å². The van der Waals surface area contributed by atoms with Gasteiger partial charge in [0.25, 0.3) is 0 Å². The summed E-state index contributed by atoms with van der Waals surface area (Å²) in [6.07, 6.45) is 0. The van der Waals surface area contributed by atoms with Gasteiger partial charge in [-0.15, -0.1) is 0 Å². The number of hydrogen-bond acceptors (Lipinski definition) is 2. The fraction of sp³-hybridized carbons (Fsp3) is 0.875. The molecule has 0 saturated carbocycles. The Morgan fingerprint density at radius 3 is 2.42 bits per heavy atom. The van der Waals surface area contributed by atoms with Crippen molar-refractivity contribution in [2.24, 2.45) is 5.41 Å². The first-order valence-electron chi connectivity index (χ1n) is 3.92. The molecule has 0 fully saturated rings. The average molecular weight is 278 g/mol. The molecule has 0 aromatic heterocycles. The summed E-state index contributed by atoms with van der Waals surface area (Å²) in [6.45, 7) is 6.55. The number of nitrogens with one attached hydrogen (secondary N) is 1. The van der Waals surface area contributed by atoms with Gasteiger partial charge in [0.2, 0.25) is 0 Å². The molecule has 0 aliphatic rings. The molecule has 0 aromatic carbocycles. The van der Waals surface area contributed by atoms with Gasteiger partial charge in [-0.25, -0.2) is 0 Å². The molecule has 12 heavy (non-hydrogen) atoms. The molecule has 0 aromatic rings. The second kappa shape index (κ2) is 5.07. The summed E-state index contributed by atoms with van der Waals surface area (Å²) in [5.41, 5.74) is 0.0695. The molecule has 1 atom stereocenters. The van der Waals surface area contributed by atoms with E-state index in [-0.39, 0.29) is 15.3 Å². The Kier molecular flexibility index (Phi) is 5.16. The summed E-state index contributed by atoms with van der Waals surface area (Å²) in [6, 6.07) is 0. The summed E-state index contributed by atoms with van der Waals surface area (Å²) in [4.78, 5) is 11.4. The number of hydrogen-bond donors (Lipinski definition) is 1. The van der Waals surface area contributed by atoms with Gasteiger partial charge in [0.15, 0.2) is 0 Å². The van der Waals surface area contributed by atoms with E-state index in [0.29, 0.717) is 6.73 Å². The van der Waals surface area contributed by atoms with Gasteiger partial charge < -0.3 is 0 Å². The molecular weight excluding hydrogens is 261 g/mol. The molecule has 0 bridgehead atoms. The van der Waals surface area contributed by atoms with Crippen LogP contribution in [0.3, 0.4) is 0 Å². The van der Waals surface area contributed by atoms with Crippen LogP contribution in [0.15, 0.2) is 0 Å². The van der Waals surface area contributed by atoms with Gasteiger partial charge in [-0.2, -0.15) is 0 Å². The summed E-state index contributed by atoms with van der Waals surface area (Å²) < 4.78 is 4.89. The third-order valence-electron chi connectivity index (χ3n) is 1.61. The van der Waals surface area contributed by atoms with Crippen molar-refractivity contribution >= 4 is 28.4 Å². The third kappa shape index (κ3) is 4.30. The Morgan fingerprint density at radius 1 is 1.58 bits per heavy atom. The van der Waals surface area contributed by atoms with Gasteiger partial charge in [-0.05, 0) is 0 Å². The van der Waals surface area contributed by atoms with Crippen LogP contribution in [-0.4, -0.2) is 42.3 Å². The zero-order valence-corrected chi connectivity index (χ0v) is 11.5. The topological polar surface area (TPSA) is 38.3 Å². The predicted molar refractivity (Wildman–Crippen MR) is 50.4 cm³/mol. The molecule has 1 amide bonds. The molecule has 0 spiro atoms. The van der Waals surface area contributed by atoms with Gasteiger partial charge in [0, 0.05) is 0 Å². The van der Waals surface area contributed by atoms with Gasteiger partial charge in [0.05, 0.1) is 0 Å². The fourth-order valence-corrected chi connectivity index (χ4v) is 0.983. The quantitative estimate of drug-likeness (QED) is 0.601. The summed E-state index contributed by atoms with van der Waals surface area (Å²) >= 11 is 0.948. The fourth-order valence-electron chi connectivity index (χ4n) is 0.647. The number of carbonyl (C=O) groups excluding carboxylic acids is 1. The summed E-state index contributed by atoms with van der Waals surface area (Å²) in [5, 5.41) is 2.71. The number of amides is 1. The minimum absolute atomic E-state index is 0.0695. The maximum atomic E-state index is 11.4. The van der Waals surface area contributed by atoms with Crippen molar-refractivity contribution in [1.29, 1.82) is 0 Å². The molecule has 3 nitrogen and oxygen atoms in total. The summed E-state index contributed by atoms with van der Waals surface area (Å²) in [7, 11) is 1.57. The normalized spacial score (nSPS) is 14.1. The first-order chi connectivity index (χ1) is 5.39. The van der Waals surface area contributed by atoms with Crippen molar-refractivity contribution < 1.29 is 9.53 Å². The zero-order valence-electron chi connectivity index (χ0n) is 8.18. The first kappa shape index (κ1) is 12.2. The van der Waals surface area contributed by atoms with Crippen LogP contribution in [0.4, 0.5) is 0 Å². The van der Waals surface area contributed by atoms with Crippen molar-refractivity contribution in [2.45, 2.75) is 24.7 Å². The van der Waals surface area contributed by atoms with Crippen LogP contribution in [0.2, 0.25) is 3.93 Å². The molecule has 1 N–H and O–H groups in total. The van der Waals surface area contributed by atoms with Crippen molar-refractivity contribution in [2.75, 3.05) is 13.8 Å². The first-order valence-corrected chi connectivity index (χ1v) is 5.82. The van der Waals surface area contributed by atoms with E-state index in [1.54, 1.807) is 7.11 Å². The molecule has 0 saturated heterocycles. The molecular formula is C8H17NO2Sn. The van der Waals surface area contributed by atoms with Crippen molar-refractivity contribution in [1.82, 2.24) is 5.32 Å². The Balaban J connectivity index is 3.94. The van der Waals surface area contributed by atoms with E-state index in [4.69, 9.17) is 4.74 Å². The molecule has 0 aliphatic heterocycles. The van der Waals surface area contributed by atoms with Gasteiger partial charge in [-0.3, -0.25) is 0 Å². The Bertz CT molecular complexity index is 154. The van der Waals surface area contributed by atoms with Crippen LogP contribution >= 0.6 is 0 Å². The van der Waals surface area contributed by atoms with Gasteiger partial charge >= 0.3 is 87.2 Å². The van der Waals surface area contributed by atoms with Crippen LogP contribution < -0.4 is 5.32 Å². The molecule has 1 unspecified atom stereocenters. The zero-order chi connectivity index (χ0) is 9.78. The Morgan fingerprint density at radius 2 is 2.08 bits per heavy atom. The van der Waals surface area contributed by atoms with Crippen molar-refractivity contribution in [3.8, 4) is 0 Å². The van der Waals surface area contributed by atoms with Crippen LogP contribution in [0.1, 0.15) is 20.8 Å². The Hall–Kier alpha value is 0.229. The number of ether oxygens (including phenoxy) is 1. The second-order valence-electron chi connectivity index (χ2n) is 3.82. The van der Waals surface area contributed by atoms with E-state index in [1.807, 2.05) is 0 Å². The van der Waals surface area contributed by atoms with E-state index in [1.165, 1.54) is 0 Å². The summed E-state index contributed by atoms with van der Waals surface area (Å²) in [5.74, 6) is 0.103. The molecule has 0 rings (SSSR count). The molecule has 4 heteroatoms. The predicted octanol–water partition coefficient (Wildman–Crippen LogP) is 0.442. The third-order valence-corrected chi connectivity index (χ3v) is 5.32. The van der Waals surface area contributed by atoms with Crippen LogP contribution in [0.5, 0.6) is 0 Å². The monoisotopic (exact) mass is 279 g/mol. The van der Waals surface area contributed by atoms with E-state index in [0.717, 1.165) is 22.5 Å². The minimum atomic E-state index is 0.0695. The second-order valence-corrected chi connectivity index (χ2v) is 5.72. The Labute approximate surface area is 87.3 Å². The van der Waals surface area contributed by atoms with Crippen molar-refractivity contribution in [3.05, 3.63) is 0 Å². The molecule has 0 heterocycles. The van der Waals surface area contributed by atoms with E-state index in [2.05, 4.69) is 26.1 Å². The maximum absolute atomic E-state index is 11.4. The SMILES string of the molecule is COCNC(=O)[CH]([SnH])C(C)(C)C. The van der Waals surface area contributed by atoms with Crippen molar-refractivity contribution in [3.63, 3.8) is 0 Å². The van der Waals surface area contributed by atoms with Crippen LogP contribution in [0.25, 0.3) is 0 Å². The number of carbonyl (C=O) groups is 1. The molecule has 0 aliphatic carbocycles.